The molecule has 1 amide bonds. The molecule has 0 bridgehead atoms. The van der Waals surface area contributed by atoms with E-state index >= 15 is 0 Å². The van der Waals surface area contributed by atoms with Crippen LogP contribution in [0.4, 0.5) is 0 Å². The van der Waals surface area contributed by atoms with Crippen molar-refractivity contribution in [3.05, 3.63) is 24.3 Å². The molecule has 0 saturated heterocycles. The molecule has 42 heavy (non-hydrogen) atoms. The second-order valence-electron chi connectivity index (χ2n) is 12.7. The van der Waals surface area contributed by atoms with E-state index in [4.69, 9.17) is 0 Å². The van der Waals surface area contributed by atoms with Gasteiger partial charge in [0, 0.05) is 13.0 Å². The summed E-state index contributed by atoms with van der Waals surface area (Å²) in [4.78, 5) is 12.0. The van der Waals surface area contributed by atoms with Crippen molar-refractivity contribution in [2.45, 2.75) is 200 Å². The molecular formula is C39H76N2O. The topological polar surface area (TPSA) is 41.1 Å². The van der Waals surface area contributed by atoms with E-state index in [2.05, 4.69) is 48.8 Å². The summed E-state index contributed by atoms with van der Waals surface area (Å²) in [6, 6.07) is 0. The minimum Gasteiger partial charge on any atom is -0.356 e. The van der Waals surface area contributed by atoms with Crippen molar-refractivity contribution in [1.29, 1.82) is 0 Å². The standard InChI is InChI=1S/C39H76N2O/c1-3-5-7-9-11-13-15-17-19-21-23-25-27-29-31-33-36-40-37-34-38-41-39(42)35-32-30-28-26-24-22-20-18-16-14-12-10-8-6-4-2/h17-20,40H,3-16,21-38H2,1-2H3,(H,41,42). The van der Waals surface area contributed by atoms with Crippen molar-refractivity contribution in [2.24, 2.45) is 0 Å². The molecule has 3 heteroatoms. The molecular weight excluding hydrogens is 512 g/mol. The summed E-state index contributed by atoms with van der Waals surface area (Å²) in [7, 11) is 0. The maximum absolute atomic E-state index is 12.0. The summed E-state index contributed by atoms with van der Waals surface area (Å²) < 4.78 is 0. The maximum atomic E-state index is 12.0. The van der Waals surface area contributed by atoms with E-state index in [1.54, 1.807) is 0 Å². The molecule has 0 radical (unpaired) electrons. The summed E-state index contributed by atoms with van der Waals surface area (Å²) >= 11 is 0. The lowest BCUT2D eigenvalue weighted by atomic mass is 10.1. The number of unbranched alkanes of at least 4 members (excludes halogenated alkanes) is 23. The number of hydrogen-bond acceptors (Lipinski definition) is 2. The van der Waals surface area contributed by atoms with Crippen LogP contribution < -0.4 is 10.6 Å². The van der Waals surface area contributed by atoms with Gasteiger partial charge in [-0.2, -0.15) is 0 Å². The van der Waals surface area contributed by atoms with Gasteiger partial charge in [0.2, 0.25) is 5.91 Å². The highest BCUT2D eigenvalue weighted by Gasteiger charge is 2.00. The van der Waals surface area contributed by atoms with Crippen molar-refractivity contribution >= 4 is 5.91 Å². The first-order valence-corrected chi connectivity index (χ1v) is 19.1. The molecule has 0 aliphatic heterocycles. The molecule has 0 atom stereocenters. The van der Waals surface area contributed by atoms with Gasteiger partial charge in [-0.1, -0.05) is 147 Å². The zero-order chi connectivity index (χ0) is 30.4. The van der Waals surface area contributed by atoms with Crippen LogP contribution in [0.5, 0.6) is 0 Å². The van der Waals surface area contributed by atoms with Gasteiger partial charge in [0.15, 0.2) is 0 Å². The molecule has 0 aromatic carbocycles. The summed E-state index contributed by atoms with van der Waals surface area (Å²) in [5.41, 5.74) is 0. The van der Waals surface area contributed by atoms with Crippen LogP contribution in [0.2, 0.25) is 0 Å². The van der Waals surface area contributed by atoms with Crippen molar-refractivity contribution in [3.8, 4) is 0 Å². The molecule has 0 aromatic heterocycles. The lowest BCUT2D eigenvalue weighted by Gasteiger charge is -2.07. The number of carbonyl (C=O) groups excluding carboxylic acids is 1. The van der Waals surface area contributed by atoms with Gasteiger partial charge in [-0.05, 0) is 83.7 Å². The first kappa shape index (κ1) is 40.9. The zero-order valence-corrected chi connectivity index (χ0v) is 28.8. The van der Waals surface area contributed by atoms with Gasteiger partial charge in [0.25, 0.3) is 0 Å². The monoisotopic (exact) mass is 589 g/mol. The maximum Gasteiger partial charge on any atom is 0.219 e. The molecule has 248 valence electrons. The largest absolute Gasteiger partial charge is 0.356 e. The van der Waals surface area contributed by atoms with Crippen LogP contribution in [-0.2, 0) is 4.79 Å². The average Bonchev–Trinajstić information content (AvgIpc) is 3.00. The highest BCUT2D eigenvalue weighted by molar-refractivity contribution is 5.75. The Bertz CT molecular complexity index is 571. The van der Waals surface area contributed by atoms with Crippen LogP contribution in [0.25, 0.3) is 0 Å². The van der Waals surface area contributed by atoms with Crippen LogP contribution in [0.1, 0.15) is 200 Å². The van der Waals surface area contributed by atoms with E-state index in [-0.39, 0.29) is 5.91 Å². The first-order valence-electron chi connectivity index (χ1n) is 19.1. The van der Waals surface area contributed by atoms with E-state index in [9.17, 15) is 4.79 Å². The van der Waals surface area contributed by atoms with Crippen LogP contribution in [0.15, 0.2) is 24.3 Å². The second-order valence-corrected chi connectivity index (χ2v) is 12.7. The van der Waals surface area contributed by atoms with Crippen molar-refractivity contribution in [1.82, 2.24) is 10.6 Å². The fraction of sp³-hybridized carbons (Fsp3) is 0.872. The molecule has 0 aliphatic rings. The van der Waals surface area contributed by atoms with Crippen LogP contribution in [-0.4, -0.2) is 25.5 Å². The number of amides is 1. The van der Waals surface area contributed by atoms with Gasteiger partial charge in [0.1, 0.15) is 0 Å². The van der Waals surface area contributed by atoms with Gasteiger partial charge in [-0.15, -0.1) is 0 Å². The third-order valence-electron chi connectivity index (χ3n) is 8.38. The zero-order valence-electron chi connectivity index (χ0n) is 28.8. The average molecular weight is 589 g/mol. The van der Waals surface area contributed by atoms with Gasteiger partial charge >= 0.3 is 0 Å². The predicted molar refractivity (Wildman–Crippen MR) is 189 cm³/mol. The number of allylic oxidation sites excluding steroid dienone is 4. The Balaban J connectivity index is 3.21. The SMILES string of the molecule is CCCCCCCCC=CCCCCCCCCNCCCNC(=O)CCCCCCCC=CCCCCCCCC. The quantitative estimate of drug-likeness (QED) is 0.0571. The van der Waals surface area contributed by atoms with E-state index in [1.165, 1.54) is 167 Å². The third-order valence-corrected chi connectivity index (χ3v) is 8.38. The fourth-order valence-corrected chi connectivity index (χ4v) is 5.51. The molecule has 0 fully saturated rings. The van der Waals surface area contributed by atoms with E-state index in [0.29, 0.717) is 6.42 Å². The number of nitrogens with one attached hydrogen (secondary N) is 2. The van der Waals surface area contributed by atoms with E-state index < -0.39 is 0 Å². The minimum absolute atomic E-state index is 0.237. The normalized spacial score (nSPS) is 11.8. The Morgan fingerprint density at radius 3 is 1.21 bits per heavy atom. The molecule has 0 aromatic rings. The van der Waals surface area contributed by atoms with Gasteiger partial charge in [-0.25, -0.2) is 0 Å². The molecule has 0 rings (SSSR count). The minimum atomic E-state index is 0.237. The number of hydrogen-bond donors (Lipinski definition) is 2. The van der Waals surface area contributed by atoms with Crippen LogP contribution >= 0.6 is 0 Å². The number of carbonyl (C=O) groups is 1. The van der Waals surface area contributed by atoms with Gasteiger partial charge in [-0.3, -0.25) is 4.79 Å². The summed E-state index contributed by atoms with van der Waals surface area (Å²) in [5, 5.41) is 6.64. The molecule has 0 aliphatic carbocycles. The first-order chi connectivity index (χ1) is 20.8. The van der Waals surface area contributed by atoms with Crippen LogP contribution in [0, 0.1) is 0 Å². The molecule has 2 N–H and O–H groups in total. The summed E-state index contributed by atoms with van der Waals surface area (Å²) in [5.74, 6) is 0.237. The highest BCUT2D eigenvalue weighted by atomic mass is 16.1. The Hall–Kier alpha value is -1.09. The fourth-order valence-electron chi connectivity index (χ4n) is 5.51. The molecule has 0 saturated carbocycles. The van der Waals surface area contributed by atoms with Crippen molar-refractivity contribution in [2.75, 3.05) is 19.6 Å². The Morgan fingerprint density at radius 1 is 0.405 bits per heavy atom. The lowest BCUT2D eigenvalue weighted by Crippen LogP contribution is -2.27. The predicted octanol–water partition coefficient (Wildman–Crippen LogP) is 12.2. The highest BCUT2D eigenvalue weighted by Crippen LogP contribution is 2.11. The van der Waals surface area contributed by atoms with Crippen molar-refractivity contribution in [3.63, 3.8) is 0 Å². The Morgan fingerprint density at radius 2 is 0.762 bits per heavy atom. The molecule has 0 unspecified atom stereocenters. The smallest absolute Gasteiger partial charge is 0.219 e. The summed E-state index contributed by atoms with van der Waals surface area (Å²) in [6.45, 7) is 7.50. The molecule has 0 spiro atoms. The van der Waals surface area contributed by atoms with Crippen LogP contribution in [0.3, 0.4) is 0 Å². The lowest BCUT2D eigenvalue weighted by molar-refractivity contribution is -0.121. The summed E-state index contributed by atoms with van der Waals surface area (Å²) in [6.07, 6.45) is 47.3. The molecule has 3 nitrogen and oxygen atoms in total. The van der Waals surface area contributed by atoms with Crippen molar-refractivity contribution < 1.29 is 4.79 Å². The number of rotatable bonds is 35. The van der Waals surface area contributed by atoms with Gasteiger partial charge in [0.05, 0.1) is 0 Å². The second kappa shape index (κ2) is 37.9. The van der Waals surface area contributed by atoms with E-state index in [0.717, 1.165) is 32.5 Å². The third kappa shape index (κ3) is 36.9. The Kier molecular flexibility index (Phi) is 37.0. The van der Waals surface area contributed by atoms with Gasteiger partial charge < -0.3 is 10.6 Å². The molecule has 0 heterocycles. The van der Waals surface area contributed by atoms with E-state index in [1.807, 2.05) is 0 Å². The Labute approximate surface area is 264 Å².